The predicted octanol–water partition coefficient (Wildman–Crippen LogP) is 4.51. The first kappa shape index (κ1) is 15.8. The van der Waals surface area contributed by atoms with Gasteiger partial charge < -0.3 is 5.32 Å². The highest BCUT2D eigenvalue weighted by atomic mass is 79.9. The summed E-state index contributed by atoms with van der Waals surface area (Å²) in [6.07, 6.45) is 3.87. The number of hydrogen-bond acceptors (Lipinski definition) is 1. The molecule has 1 aliphatic rings. The zero-order valence-corrected chi connectivity index (χ0v) is 13.7. The SMILES string of the molecule is CC1CCCC(CCl)(NC(=O)c2c(F)cccc2Br)C1. The Balaban J connectivity index is 2.21. The van der Waals surface area contributed by atoms with E-state index in [1.165, 1.54) is 6.07 Å². The summed E-state index contributed by atoms with van der Waals surface area (Å²) >= 11 is 9.32. The van der Waals surface area contributed by atoms with Crippen molar-refractivity contribution in [2.24, 2.45) is 5.92 Å². The van der Waals surface area contributed by atoms with E-state index >= 15 is 0 Å². The number of carbonyl (C=O) groups is 1. The second-order valence-corrected chi connectivity index (χ2v) is 6.79. The quantitative estimate of drug-likeness (QED) is 0.788. The van der Waals surface area contributed by atoms with Gasteiger partial charge in [0, 0.05) is 10.4 Å². The first-order valence-electron chi connectivity index (χ1n) is 6.80. The van der Waals surface area contributed by atoms with Crippen LogP contribution >= 0.6 is 27.5 Å². The summed E-state index contributed by atoms with van der Waals surface area (Å²) in [7, 11) is 0. The molecule has 0 aliphatic heterocycles. The maximum Gasteiger partial charge on any atom is 0.255 e. The van der Waals surface area contributed by atoms with E-state index in [2.05, 4.69) is 28.2 Å². The topological polar surface area (TPSA) is 29.1 Å². The Bertz CT molecular complexity index is 490. The molecule has 1 aliphatic carbocycles. The molecule has 2 rings (SSSR count). The zero-order chi connectivity index (χ0) is 14.8. The molecule has 1 N–H and O–H groups in total. The molecule has 5 heteroatoms. The molecule has 1 aromatic carbocycles. The second kappa shape index (κ2) is 6.44. The lowest BCUT2D eigenvalue weighted by Crippen LogP contribution is -2.52. The number of carbonyl (C=O) groups excluding carboxylic acids is 1. The Labute approximate surface area is 132 Å². The Morgan fingerprint density at radius 1 is 1.60 bits per heavy atom. The van der Waals surface area contributed by atoms with Crippen LogP contribution in [0.1, 0.15) is 43.0 Å². The second-order valence-electron chi connectivity index (χ2n) is 5.67. The van der Waals surface area contributed by atoms with E-state index in [1.807, 2.05) is 0 Å². The van der Waals surface area contributed by atoms with Gasteiger partial charge in [-0.05, 0) is 46.8 Å². The normalized spacial score (nSPS) is 26.3. The van der Waals surface area contributed by atoms with Gasteiger partial charge in [-0.3, -0.25) is 4.79 Å². The van der Waals surface area contributed by atoms with Gasteiger partial charge in [0.2, 0.25) is 0 Å². The molecule has 2 nitrogen and oxygen atoms in total. The largest absolute Gasteiger partial charge is 0.345 e. The van der Waals surface area contributed by atoms with Gasteiger partial charge in [-0.2, -0.15) is 0 Å². The van der Waals surface area contributed by atoms with Crippen LogP contribution in [0.3, 0.4) is 0 Å². The first-order chi connectivity index (χ1) is 9.47. The molecule has 20 heavy (non-hydrogen) atoms. The van der Waals surface area contributed by atoms with E-state index in [1.54, 1.807) is 12.1 Å². The summed E-state index contributed by atoms with van der Waals surface area (Å²) in [5, 5.41) is 2.97. The summed E-state index contributed by atoms with van der Waals surface area (Å²) in [5.74, 6) is -0.0446. The fourth-order valence-corrected chi connectivity index (χ4v) is 3.78. The Hall–Kier alpha value is -0.610. The van der Waals surface area contributed by atoms with Crippen LogP contribution in [-0.4, -0.2) is 17.3 Å². The zero-order valence-electron chi connectivity index (χ0n) is 11.4. The lowest BCUT2D eigenvalue weighted by molar-refractivity contribution is 0.0862. The molecule has 0 radical (unpaired) electrons. The highest BCUT2D eigenvalue weighted by Gasteiger charge is 2.36. The molecule has 0 bridgehead atoms. The lowest BCUT2D eigenvalue weighted by Gasteiger charge is -2.39. The van der Waals surface area contributed by atoms with E-state index in [-0.39, 0.29) is 5.56 Å². The lowest BCUT2D eigenvalue weighted by atomic mass is 9.77. The van der Waals surface area contributed by atoms with Crippen LogP contribution in [0, 0.1) is 11.7 Å². The van der Waals surface area contributed by atoms with Gasteiger partial charge in [0.05, 0.1) is 11.1 Å². The highest BCUT2D eigenvalue weighted by Crippen LogP contribution is 2.34. The number of hydrogen-bond donors (Lipinski definition) is 1. The van der Waals surface area contributed by atoms with Crippen molar-refractivity contribution >= 4 is 33.4 Å². The van der Waals surface area contributed by atoms with Crippen LogP contribution in [0.5, 0.6) is 0 Å². The standard InChI is InChI=1S/C15H18BrClFNO/c1-10-4-3-7-15(8-10,9-17)19-14(20)13-11(16)5-2-6-12(13)18/h2,5-6,10H,3-4,7-9H2,1H3,(H,19,20). The van der Waals surface area contributed by atoms with E-state index in [0.717, 1.165) is 25.7 Å². The monoisotopic (exact) mass is 361 g/mol. The number of nitrogens with one attached hydrogen (secondary N) is 1. The van der Waals surface area contributed by atoms with Crippen molar-refractivity contribution in [3.63, 3.8) is 0 Å². The molecule has 2 atom stereocenters. The molecule has 1 amide bonds. The molecule has 0 spiro atoms. The van der Waals surface area contributed by atoms with Crippen molar-refractivity contribution in [1.29, 1.82) is 0 Å². The molecule has 0 heterocycles. The highest BCUT2D eigenvalue weighted by molar-refractivity contribution is 9.10. The molecule has 1 aromatic rings. The third kappa shape index (κ3) is 3.34. The van der Waals surface area contributed by atoms with Crippen LogP contribution in [0.25, 0.3) is 0 Å². The summed E-state index contributed by atoms with van der Waals surface area (Å²) in [6.45, 7) is 2.16. The fourth-order valence-electron chi connectivity index (χ4n) is 2.95. The Kier molecular flexibility index (Phi) is 5.08. The minimum Gasteiger partial charge on any atom is -0.345 e. The van der Waals surface area contributed by atoms with E-state index in [0.29, 0.717) is 16.3 Å². The summed E-state index contributed by atoms with van der Waals surface area (Å²) in [5.41, 5.74) is -0.367. The molecular weight excluding hydrogens is 345 g/mol. The number of amides is 1. The van der Waals surface area contributed by atoms with Crippen molar-refractivity contribution in [1.82, 2.24) is 5.32 Å². The van der Waals surface area contributed by atoms with Crippen molar-refractivity contribution < 1.29 is 9.18 Å². The Morgan fingerprint density at radius 2 is 2.35 bits per heavy atom. The first-order valence-corrected chi connectivity index (χ1v) is 8.13. The van der Waals surface area contributed by atoms with Crippen LogP contribution < -0.4 is 5.32 Å². The third-order valence-electron chi connectivity index (χ3n) is 3.92. The molecule has 0 aromatic heterocycles. The maximum absolute atomic E-state index is 13.8. The van der Waals surface area contributed by atoms with Crippen LogP contribution in [0.15, 0.2) is 22.7 Å². The molecule has 1 fully saturated rings. The fraction of sp³-hybridized carbons (Fsp3) is 0.533. The Morgan fingerprint density at radius 3 is 2.95 bits per heavy atom. The number of benzene rings is 1. The average Bonchev–Trinajstić information content (AvgIpc) is 2.38. The minimum absolute atomic E-state index is 0.0511. The van der Waals surface area contributed by atoms with Crippen molar-refractivity contribution in [2.75, 3.05) is 5.88 Å². The molecule has 110 valence electrons. The van der Waals surface area contributed by atoms with E-state index in [9.17, 15) is 9.18 Å². The van der Waals surface area contributed by atoms with Gasteiger partial charge in [-0.15, -0.1) is 11.6 Å². The van der Waals surface area contributed by atoms with Crippen molar-refractivity contribution in [2.45, 2.75) is 38.1 Å². The minimum atomic E-state index is -0.523. The third-order valence-corrected chi connectivity index (χ3v) is 5.09. The number of rotatable bonds is 3. The number of alkyl halides is 1. The molecule has 1 saturated carbocycles. The smallest absolute Gasteiger partial charge is 0.255 e. The van der Waals surface area contributed by atoms with Crippen LogP contribution in [0.2, 0.25) is 0 Å². The van der Waals surface area contributed by atoms with Gasteiger partial charge in [0.15, 0.2) is 0 Å². The maximum atomic E-state index is 13.8. The van der Waals surface area contributed by atoms with Gasteiger partial charge in [-0.25, -0.2) is 4.39 Å². The van der Waals surface area contributed by atoms with Crippen molar-refractivity contribution in [3.8, 4) is 0 Å². The predicted molar refractivity (Wildman–Crippen MR) is 82.6 cm³/mol. The molecule has 2 unspecified atom stereocenters. The van der Waals surface area contributed by atoms with Gasteiger partial charge >= 0.3 is 0 Å². The van der Waals surface area contributed by atoms with Crippen molar-refractivity contribution in [3.05, 3.63) is 34.1 Å². The van der Waals surface area contributed by atoms with Crippen LogP contribution in [-0.2, 0) is 0 Å². The summed E-state index contributed by atoms with van der Waals surface area (Å²) in [6, 6.07) is 4.52. The van der Waals surface area contributed by atoms with E-state index in [4.69, 9.17) is 11.6 Å². The van der Waals surface area contributed by atoms with Gasteiger partial charge in [0.1, 0.15) is 5.82 Å². The van der Waals surface area contributed by atoms with Crippen LogP contribution in [0.4, 0.5) is 4.39 Å². The average molecular weight is 363 g/mol. The molecular formula is C15H18BrClFNO. The van der Waals surface area contributed by atoms with Gasteiger partial charge in [-0.1, -0.05) is 25.8 Å². The van der Waals surface area contributed by atoms with E-state index < -0.39 is 17.3 Å². The summed E-state index contributed by atoms with van der Waals surface area (Å²) in [4.78, 5) is 12.4. The molecule has 0 saturated heterocycles. The summed E-state index contributed by atoms with van der Waals surface area (Å²) < 4.78 is 14.3. The number of halogens is 3. The van der Waals surface area contributed by atoms with Gasteiger partial charge in [0.25, 0.3) is 5.91 Å².